The second kappa shape index (κ2) is 11.2. The molecular weight excluding hydrogens is 467 g/mol. The van der Waals surface area contributed by atoms with Gasteiger partial charge in [-0.2, -0.15) is 4.31 Å². The fourth-order valence-electron chi connectivity index (χ4n) is 3.46. The number of hydrogen-bond acceptors (Lipinski definition) is 7. The zero-order valence-corrected chi connectivity index (χ0v) is 19.3. The third-order valence-corrected chi connectivity index (χ3v) is 7.20. The van der Waals surface area contributed by atoms with Gasteiger partial charge in [-0.25, -0.2) is 17.6 Å². The van der Waals surface area contributed by atoms with Gasteiger partial charge in [0.1, 0.15) is 5.82 Å². The molecule has 1 N–H and O–H groups in total. The summed E-state index contributed by atoms with van der Waals surface area (Å²) in [7, 11) is -3.80. The third kappa shape index (κ3) is 6.17. The lowest BCUT2D eigenvalue weighted by Gasteiger charge is -2.30. The summed E-state index contributed by atoms with van der Waals surface area (Å²) in [5, 5.41) is 2.32. The maximum absolute atomic E-state index is 13.6. The molecule has 2 aromatic carbocycles. The Hall–Kier alpha value is -3.31. The van der Waals surface area contributed by atoms with Crippen LogP contribution in [0.25, 0.3) is 0 Å². The molecule has 0 spiro atoms. The summed E-state index contributed by atoms with van der Waals surface area (Å²) in [5.74, 6) is -2.98. The number of benzene rings is 2. The third-order valence-electron chi connectivity index (χ3n) is 5.28. The summed E-state index contributed by atoms with van der Waals surface area (Å²) in [5.41, 5.74) is 0.235. The Balaban J connectivity index is 1.50. The Morgan fingerprint density at radius 2 is 1.68 bits per heavy atom. The van der Waals surface area contributed by atoms with Crippen LogP contribution in [0.2, 0.25) is 0 Å². The van der Waals surface area contributed by atoms with Crippen LogP contribution in [0.4, 0.5) is 10.1 Å². The average Bonchev–Trinajstić information content (AvgIpc) is 2.84. The number of carbonyl (C=O) groups excluding carboxylic acids is 3. The number of esters is 2. The van der Waals surface area contributed by atoms with Crippen LogP contribution in [0.5, 0.6) is 0 Å². The molecule has 0 atom stereocenters. The fraction of sp³-hybridized carbons (Fsp3) is 0.348. The zero-order valence-electron chi connectivity index (χ0n) is 18.5. The van der Waals surface area contributed by atoms with Gasteiger partial charge in [0.2, 0.25) is 10.0 Å². The first-order valence-electron chi connectivity index (χ1n) is 10.7. The molecule has 0 aromatic heterocycles. The molecule has 0 radical (unpaired) electrons. The van der Waals surface area contributed by atoms with Gasteiger partial charge < -0.3 is 14.8 Å². The Morgan fingerprint density at radius 3 is 2.29 bits per heavy atom. The highest BCUT2D eigenvalue weighted by Gasteiger charge is 2.33. The van der Waals surface area contributed by atoms with Gasteiger partial charge in [0.05, 0.1) is 28.7 Å². The molecule has 34 heavy (non-hydrogen) atoms. The smallest absolute Gasteiger partial charge is 0.338 e. The molecule has 3 rings (SSSR count). The highest BCUT2D eigenvalue weighted by atomic mass is 32.2. The van der Waals surface area contributed by atoms with Crippen LogP contribution in [0, 0.1) is 11.7 Å². The number of ether oxygens (including phenoxy) is 2. The number of amides is 1. The molecule has 11 heteroatoms. The summed E-state index contributed by atoms with van der Waals surface area (Å²) in [6, 6.07) is 11.1. The number of rotatable bonds is 8. The van der Waals surface area contributed by atoms with Crippen molar-refractivity contribution in [3.8, 4) is 0 Å². The molecule has 0 unspecified atom stereocenters. The van der Waals surface area contributed by atoms with Crippen LogP contribution in [-0.4, -0.2) is 56.9 Å². The number of para-hydroxylation sites is 1. The van der Waals surface area contributed by atoms with E-state index in [0.29, 0.717) is 0 Å². The summed E-state index contributed by atoms with van der Waals surface area (Å²) >= 11 is 0. The SMILES string of the molecule is CCOC(=O)c1ccc(S(=O)(=O)N2CCC(C(=O)OCC(=O)Nc3ccccc3F)CC2)cc1. The number of nitrogens with one attached hydrogen (secondary N) is 1. The molecule has 0 bridgehead atoms. The first-order chi connectivity index (χ1) is 16.2. The van der Waals surface area contributed by atoms with Crippen molar-refractivity contribution in [3.63, 3.8) is 0 Å². The standard InChI is InChI=1S/C23H25FN2O7S/c1-2-32-22(28)16-7-9-18(10-8-16)34(30,31)26-13-11-17(12-14-26)23(29)33-15-21(27)25-20-6-4-3-5-19(20)24/h3-10,17H,2,11-15H2,1H3,(H,25,27). The number of halogens is 1. The van der Waals surface area contributed by atoms with Gasteiger partial charge in [0.25, 0.3) is 5.91 Å². The van der Waals surface area contributed by atoms with Crippen LogP contribution in [0.15, 0.2) is 53.4 Å². The fourth-order valence-corrected chi connectivity index (χ4v) is 4.93. The second-order valence-corrected chi connectivity index (χ2v) is 9.50. The van der Waals surface area contributed by atoms with Crippen molar-refractivity contribution in [2.24, 2.45) is 5.92 Å². The average molecular weight is 493 g/mol. The van der Waals surface area contributed by atoms with Crippen molar-refractivity contribution in [2.75, 3.05) is 31.6 Å². The molecular formula is C23H25FN2O7S. The normalized spacial score (nSPS) is 14.9. The lowest BCUT2D eigenvalue weighted by molar-refractivity contribution is -0.152. The van der Waals surface area contributed by atoms with E-state index in [1.54, 1.807) is 13.0 Å². The Labute approximate surface area is 196 Å². The number of carbonyl (C=O) groups is 3. The van der Waals surface area contributed by atoms with Gasteiger partial charge >= 0.3 is 11.9 Å². The largest absolute Gasteiger partial charge is 0.462 e. The molecule has 9 nitrogen and oxygen atoms in total. The van der Waals surface area contributed by atoms with E-state index >= 15 is 0 Å². The van der Waals surface area contributed by atoms with E-state index in [1.165, 1.54) is 46.8 Å². The molecule has 1 amide bonds. The molecule has 1 aliphatic rings. The molecule has 1 aliphatic heterocycles. The van der Waals surface area contributed by atoms with E-state index in [9.17, 15) is 27.2 Å². The van der Waals surface area contributed by atoms with Gasteiger partial charge in [0, 0.05) is 13.1 Å². The maximum Gasteiger partial charge on any atom is 0.338 e. The molecule has 0 aliphatic carbocycles. The number of nitrogens with zero attached hydrogens (tertiary/aromatic N) is 1. The Morgan fingerprint density at radius 1 is 1.03 bits per heavy atom. The number of hydrogen-bond donors (Lipinski definition) is 1. The van der Waals surface area contributed by atoms with Crippen molar-refractivity contribution in [2.45, 2.75) is 24.7 Å². The topological polar surface area (TPSA) is 119 Å². The van der Waals surface area contributed by atoms with Gasteiger partial charge in [-0.1, -0.05) is 12.1 Å². The number of piperidine rings is 1. The van der Waals surface area contributed by atoms with Crippen molar-refractivity contribution in [1.29, 1.82) is 0 Å². The van der Waals surface area contributed by atoms with Crippen LogP contribution < -0.4 is 5.32 Å². The van der Waals surface area contributed by atoms with Crippen molar-refractivity contribution >= 4 is 33.6 Å². The minimum atomic E-state index is -3.80. The summed E-state index contributed by atoms with van der Waals surface area (Å²) in [4.78, 5) is 36.0. The summed E-state index contributed by atoms with van der Waals surface area (Å²) in [6.45, 7) is 1.52. The van der Waals surface area contributed by atoms with Gasteiger partial charge in [-0.05, 0) is 56.2 Å². The quantitative estimate of drug-likeness (QED) is 0.563. The zero-order chi connectivity index (χ0) is 24.7. The van der Waals surface area contributed by atoms with E-state index < -0.39 is 46.2 Å². The first-order valence-corrected chi connectivity index (χ1v) is 12.1. The van der Waals surface area contributed by atoms with Crippen molar-refractivity contribution < 1.29 is 36.7 Å². The lowest BCUT2D eigenvalue weighted by Crippen LogP contribution is -2.40. The van der Waals surface area contributed by atoms with E-state index in [4.69, 9.17) is 9.47 Å². The molecule has 1 fully saturated rings. The van der Waals surface area contributed by atoms with Gasteiger partial charge in [-0.3, -0.25) is 9.59 Å². The van der Waals surface area contributed by atoms with Crippen LogP contribution in [-0.2, 0) is 29.1 Å². The van der Waals surface area contributed by atoms with E-state index in [0.717, 1.165) is 0 Å². The monoisotopic (exact) mass is 492 g/mol. The lowest BCUT2D eigenvalue weighted by atomic mass is 9.98. The minimum absolute atomic E-state index is 0.0163. The summed E-state index contributed by atoms with van der Waals surface area (Å²) < 4.78 is 50.6. The van der Waals surface area contributed by atoms with Crippen molar-refractivity contribution in [3.05, 3.63) is 59.9 Å². The number of sulfonamides is 1. The van der Waals surface area contributed by atoms with Gasteiger partial charge in [0.15, 0.2) is 6.61 Å². The second-order valence-electron chi connectivity index (χ2n) is 7.56. The van der Waals surface area contributed by atoms with Crippen LogP contribution in [0.1, 0.15) is 30.1 Å². The Bertz CT molecular complexity index is 1140. The van der Waals surface area contributed by atoms with Crippen LogP contribution >= 0.6 is 0 Å². The predicted molar refractivity (Wildman–Crippen MR) is 120 cm³/mol. The van der Waals surface area contributed by atoms with E-state index in [2.05, 4.69) is 5.32 Å². The minimum Gasteiger partial charge on any atom is -0.462 e. The highest BCUT2D eigenvalue weighted by Crippen LogP contribution is 2.25. The highest BCUT2D eigenvalue weighted by molar-refractivity contribution is 7.89. The van der Waals surface area contributed by atoms with E-state index in [1.807, 2.05) is 0 Å². The van der Waals surface area contributed by atoms with Crippen LogP contribution in [0.3, 0.4) is 0 Å². The number of anilines is 1. The summed E-state index contributed by atoms with van der Waals surface area (Å²) in [6.07, 6.45) is 0.460. The predicted octanol–water partition coefficient (Wildman–Crippen LogP) is 2.58. The molecule has 2 aromatic rings. The van der Waals surface area contributed by atoms with Crippen molar-refractivity contribution in [1.82, 2.24) is 4.31 Å². The van der Waals surface area contributed by atoms with Gasteiger partial charge in [-0.15, -0.1) is 0 Å². The molecule has 0 saturated carbocycles. The Kier molecular flexibility index (Phi) is 8.35. The molecule has 1 heterocycles. The van der Waals surface area contributed by atoms with E-state index in [-0.39, 0.29) is 48.7 Å². The molecule has 1 saturated heterocycles. The first kappa shape index (κ1) is 25.3. The maximum atomic E-state index is 13.6. The molecule has 182 valence electrons.